The number of rotatable bonds is 5. The highest BCUT2D eigenvalue weighted by molar-refractivity contribution is 7.92. The van der Waals surface area contributed by atoms with Crippen molar-refractivity contribution >= 4 is 45.0 Å². The van der Waals surface area contributed by atoms with Gasteiger partial charge in [0.2, 0.25) is 10.0 Å². The third-order valence-electron chi connectivity index (χ3n) is 5.54. The van der Waals surface area contributed by atoms with Crippen molar-refractivity contribution in [3.05, 3.63) is 36.2 Å². The maximum absolute atomic E-state index is 13.2. The molecule has 2 bridgehead atoms. The summed E-state index contributed by atoms with van der Waals surface area (Å²) in [5.74, 6) is -0.820. The monoisotopic (exact) mass is 513 g/mol. The van der Waals surface area contributed by atoms with Gasteiger partial charge in [-0.3, -0.25) is 19.7 Å². The highest BCUT2D eigenvalue weighted by Crippen LogP contribution is 2.39. The number of hydrogen-bond acceptors (Lipinski definition) is 7. The average Bonchev–Trinajstić information content (AvgIpc) is 3.16. The van der Waals surface area contributed by atoms with Crippen LogP contribution in [0, 0.1) is 0 Å². The summed E-state index contributed by atoms with van der Waals surface area (Å²) in [6.45, 7) is 1.97. The summed E-state index contributed by atoms with van der Waals surface area (Å²) in [7, 11) is -3.55. The Kier molecular flexibility index (Phi) is 6.21. The third-order valence-corrected chi connectivity index (χ3v) is 6.15. The van der Waals surface area contributed by atoms with E-state index in [0.29, 0.717) is 25.2 Å². The zero-order valence-corrected chi connectivity index (χ0v) is 19.4. The van der Waals surface area contributed by atoms with Gasteiger partial charge >= 0.3 is 12.2 Å². The van der Waals surface area contributed by atoms with Crippen LogP contribution in [0.15, 0.2) is 30.5 Å². The highest BCUT2D eigenvalue weighted by atomic mass is 32.2. The molecule has 2 aliphatic heterocycles. The van der Waals surface area contributed by atoms with Crippen molar-refractivity contribution in [2.24, 2.45) is 0 Å². The lowest BCUT2D eigenvalue weighted by Gasteiger charge is -2.35. The number of aromatic nitrogens is 2. The van der Waals surface area contributed by atoms with Crippen molar-refractivity contribution in [3.8, 4) is 0 Å². The first-order valence-corrected chi connectivity index (χ1v) is 12.4. The van der Waals surface area contributed by atoms with Gasteiger partial charge in [-0.1, -0.05) is 0 Å². The van der Waals surface area contributed by atoms with E-state index in [4.69, 9.17) is 0 Å². The molecule has 0 saturated carbocycles. The summed E-state index contributed by atoms with van der Waals surface area (Å²) in [5.41, 5.74) is 0.493. The van der Waals surface area contributed by atoms with E-state index >= 15 is 0 Å². The standard InChI is InChI=1S/C20H22F3N7O4S/c1-11(20(21,22)23)25-18(31)14-3-4-15-17(26-14)30(13-6-8-29(15)10-13)19(32)27-16-9-12(5-7-24-16)28-35(2,33)34/h3-5,7,9,11,13H,6,8,10H2,1-2H3,(H,25,31)(H2,24,27,28,32)/t11?,13-/m0/s1. The third kappa shape index (κ3) is 5.39. The Hall–Kier alpha value is -3.62. The minimum atomic E-state index is -4.62. The molecule has 1 fully saturated rings. The molecule has 188 valence electrons. The highest BCUT2D eigenvalue weighted by Gasteiger charge is 2.41. The number of amides is 3. The fraction of sp³-hybridized carbons (Fsp3) is 0.400. The predicted molar refractivity (Wildman–Crippen MR) is 122 cm³/mol. The Morgan fingerprint density at radius 2 is 1.97 bits per heavy atom. The first-order valence-electron chi connectivity index (χ1n) is 10.5. The molecule has 2 aliphatic rings. The fourth-order valence-corrected chi connectivity index (χ4v) is 4.45. The molecule has 1 saturated heterocycles. The topological polar surface area (TPSA) is 137 Å². The molecular formula is C20H22F3N7O4S. The van der Waals surface area contributed by atoms with Crippen LogP contribution in [0.5, 0.6) is 0 Å². The average molecular weight is 514 g/mol. The normalized spacial score (nSPS) is 18.0. The van der Waals surface area contributed by atoms with Crippen molar-refractivity contribution in [1.29, 1.82) is 0 Å². The number of urea groups is 1. The molecule has 3 N–H and O–H groups in total. The van der Waals surface area contributed by atoms with Gasteiger partial charge in [-0.05, 0) is 31.5 Å². The number of hydrogen-bond donors (Lipinski definition) is 3. The van der Waals surface area contributed by atoms with Crippen LogP contribution in [0.2, 0.25) is 0 Å². The second-order valence-electron chi connectivity index (χ2n) is 8.27. The Morgan fingerprint density at radius 1 is 1.23 bits per heavy atom. The molecule has 2 aromatic heterocycles. The molecule has 1 unspecified atom stereocenters. The van der Waals surface area contributed by atoms with Crippen molar-refractivity contribution in [2.45, 2.75) is 31.6 Å². The number of halogens is 3. The van der Waals surface area contributed by atoms with Crippen LogP contribution in [-0.2, 0) is 10.0 Å². The van der Waals surface area contributed by atoms with E-state index in [1.165, 1.54) is 29.3 Å². The number of carbonyl (C=O) groups is 2. The van der Waals surface area contributed by atoms with Gasteiger partial charge in [0.15, 0.2) is 5.82 Å². The first-order chi connectivity index (χ1) is 16.3. The fourth-order valence-electron chi connectivity index (χ4n) is 3.90. The molecular weight excluding hydrogens is 491 g/mol. The zero-order valence-electron chi connectivity index (χ0n) is 18.6. The molecule has 15 heteroatoms. The van der Waals surface area contributed by atoms with Gasteiger partial charge < -0.3 is 10.2 Å². The molecule has 11 nitrogen and oxygen atoms in total. The molecule has 4 heterocycles. The molecule has 0 aromatic carbocycles. The van der Waals surface area contributed by atoms with Crippen LogP contribution in [0.4, 0.5) is 41.0 Å². The number of nitrogens with one attached hydrogen (secondary N) is 3. The van der Waals surface area contributed by atoms with Crippen LogP contribution in [0.1, 0.15) is 23.8 Å². The quantitative estimate of drug-likeness (QED) is 0.557. The van der Waals surface area contributed by atoms with Crippen LogP contribution in [0.3, 0.4) is 0 Å². The van der Waals surface area contributed by atoms with E-state index in [9.17, 15) is 31.2 Å². The van der Waals surface area contributed by atoms with Gasteiger partial charge in [-0.25, -0.2) is 23.2 Å². The maximum Gasteiger partial charge on any atom is 0.408 e. The number of sulfonamides is 1. The SMILES string of the molecule is CC(NC(=O)c1ccc2c(n1)N(C(=O)Nc1cc(NS(C)(=O)=O)ccn1)[C@H]1CCN2C1)C(F)(F)F. The minimum absolute atomic E-state index is 0.0681. The lowest BCUT2D eigenvalue weighted by molar-refractivity contribution is -0.149. The molecule has 2 atom stereocenters. The van der Waals surface area contributed by atoms with Gasteiger partial charge in [0.1, 0.15) is 17.6 Å². The molecule has 35 heavy (non-hydrogen) atoms. The van der Waals surface area contributed by atoms with Gasteiger partial charge in [-0.2, -0.15) is 13.2 Å². The van der Waals surface area contributed by atoms with Crippen molar-refractivity contribution in [3.63, 3.8) is 0 Å². The summed E-state index contributed by atoms with van der Waals surface area (Å²) in [6, 6.07) is 2.61. The zero-order chi connectivity index (χ0) is 25.5. The Balaban J connectivity index is 1.60. The first kappa shape index (κ1) is 24.5. The summed E-state index contributed by atoms with van der Waals surface area (Å²) < 4.78 is 63.8. The molecule has 3 amide bonds. The van der Waals surface area contributed by atoms with Crippen molar-refractivity contribution < 1.29 is 31.2 Å². The van der Waals surface area contributed by atoms with E-state index in [1.807, 2.05) is 10.2 Å². The van der Waals surface area contributed by atoms with E-state index in [2.05, 4.69) is 20.0 Å². The lowest BCUT2D eigenvalue weighted by atomic mass is 10.1. The maximum atomic E-state index is 13.2. The number of anilines is 4. The van der Waals surface area contributed by atoms with Crippen LogP contribution < -0.4 is 25.2 Å². The van der Waals surface area contributed by atoms with E-state index in [0.717, 1.165) is 13.2 Å². The Bertz CT molecular complexity index is 1270. The summed E-state index contributed by atoms with van der Waals surface area (Å²) >= 11 is 0. The van der Waals surface area contributed by atoms with Crippen LogP contribution >= 0.6 is 0 Å². The lowest BCUT2D eigenvalue weighted by Crippen LogP contribution is -2.49. The second kappa shape index (κ2) is 8.87. The van der Waals surface area contributed by atoms with E-state index in [-0.39, 0.29) is 29.1 Å². The van der Waals surface area contributed by atoms with Gasteiger partial charge in [-0.15, -0.1) is 0 Å². The second-order valence-corrected chi connectivity index (χ2v) is 10.0. The predicted octanol–water partition coefficient (Wildman–Crippen LogP) is 2.16. The molecule has 4 rings (SSSR count). The van der Waals surface area contributed by atoms with Gasteiger partial charge in [0.05, 0.1) is 23.7 Å². The molecule has 0 radical (unpaired) electrons. The molecule has 0 aliphatic carbocycles. The van der Waals surface area contributed by atoms with Gasteiger partial charge in [0, 0.05) is 25.4 Å². The van der Waals surface area contributed by atoms with E-state index in [1.54, 1.807) is 6.07 Å². The summed E-state index contributed by atoms with van der Waals surface area (Å²) in [5, 5.41) is 4.46. The molecule has 2 aromatic rings. The van der Waals surface area contributed by atoms with Crippen molar-refractivity contribution in [2.75, 3.05) is 39.2 Å². The molecule has 0 spiro atoms. The van der Waals surface area contributed by atoms with Gasteiger partial charge in [0.25, 0.3) is 5.91 Å². The minimum Gasteiger partial charge on any atom is -0.366 e. The number of fused-ring (bicyclic) bond motifs is 4. The number of nitrogens with zero attached hydrogens (tertiary/aromatic N) is 4. The Labute approximate surface area is 198 Å². The van der Waals surface area contributed by atoms with Crippen molar-refractivity contribution in [1.82, 2.24) is 15.3 Å². The number of pyridine rings is 2. The van der Waals surface area contributed by atoms with Crippen LogP contribution in [0.25, 0.3) is 0 Å². The number of carbonyl (C=O) groups excluding carboxylic acids is 2. The summed E-state index contributed by atoms with van der Waals surface area (Å²) in [4.78, 5) is 37.2. The van der Waals surface area contributed by atoms with E-state index < -0.39 is 34.2 Å². The summed E-state index contributed by atoms with van der Waals surface area (Å²) in [6.07, 6.45) is -1.71. The van der Waals surface area contributed by atoms with Crippen LogP contribution in [-0.4, -0.2) is 67.9 Å². The number of alkyl halides is 3. The Morgan fingerprint density at radius 3 is 2.66 bits per heavy atom. The largest absolute Gasteiger partial charge is 0.408 e. The smallest absolute Gasteiger partial charge is 0.366 e.